The molecule has 1 saturated heterocycles. The molecular formula is C23H22F3N5O. The van der Waals surface area contributed by atoms with Crippen molar-refractivity contribution in [3.63, 3.8) is 0 Å². The van der Waals surface area contributed by atoms with Gasteiger partial charge in [0.25, 0.3) is 5.56 Å². The third-order valence-corrected chi connectivity index (χ3v) is 5.98. The number of aromatic nitrogens is 2. The summed E-state index contributed by atoms with van der Waals surface area (Å²) in [5.74, 6) is -3.86. The number of hydrogen-bond donors (Lipinski definition) is 0. The molecule has 3 aromatic rings. The lowest BCUT2D eigenvalue weighted by molar-refractivity contribution is 0.211. The first-order valence-corrected chi connectivity index (χ1v) is 10.4. The van der Waals surface area contributed by atoms with E-state index in [1.54, 1.807) is 25.2 Å². The zero-order chi connectivity index (χ0) is 23.0. The summed E-state index contributed by atoms with van der Waals surface area (Å²) in [7, 11) is 1.67. The minimum Gasteiger partial charge on any atom is -0.364 e. The highest BCUT2D eigenvalue weighted by molar-refractivity contribution is 5.89. The molecule has 1 atom stereocenters. The number of aryl methyl sites for hydroxylation is 1. The predicted octanol–water partition coefficient (Wildman–Crippen LogP) is 3.32. The van der Waals surface area contributed by atoms with Gasteiger partial charge >= 0.3 is 0 Å². The van der Waals surface area contributed by atoms with E-state index in [-0.39, 0.29) is 23.8 Å². The van der Waals surface area contributed by atoms with Crippen molar-refractivity contribution >= 4 is 16.7 Å². The van der Waals surface area contributed by atoms with Gasteiger partial charge in [0, 0.05) is 45.3 Å². The summed E-state index contributed by atoms with van der Waals surface area (Å²) in [5, 5.41) is 9.27. The number of pyridine rings is 2. The van der Waals surface area contributed by atoms with Gasteiger partial charge in [0.05, 0.1) is 11.2 Å². The van der Waals surface area contributed by atoms with Gasteiger partial charge in [-0.25, -0.2) is 18.2 Å². The summed E-state index contributed by atoms with van der Waals surface area (Å²) in [4.78, 5) is 21.2. The van der Waals surface area contributed by atoms with Gasteiger partial charge in [-0.1, -0.05) is 6.92 Å². The van der Waals surface area contributed by atoms with E-state index in [9.17, 15) is 23.2 Å². The highest BCUT2D eigenvalue weighted by Crippen LogP contribution is 2.29. The molecule has 1 fully saturated rings. The molecule has 2 aromatic heterocycles. The molecule has 0 spiro atoms. The third kappa shape index (κ3) is 3.94. The zero-order valence-corrected chi connectivity index (χ0v) is 17.8. The molecule has 32 heavy (non-hydrogen) atoms. The lowest BCUT2D eigenvalue weighted by Crippen LogP contribution is -2.53. The Bertz CT molecular complexity index is 1260. The number of halogens is 3. The number of rotatable bonds is 4. The second-order valence-corrected chi connectivity index (χ2v) is 7.97. The summed E-state index contributed by atoms with van der Waals surface area (Å²) < 4.78 is 42.0. The van der Waals surface area contributed by atoms with Crippen molar-refractivity contribution in [3.05, 3.63) is 69.4 Å². The van der Waals surface area contributed by atoms with Crippen LogP contribution in [0.25, 0.3) is 11.0 Å². The second kappa shape index (κ2) is 8.63. The highest BCUT2D eigenvalue weighted by atomic mass is 19.2. The quantitative estimate of drug-likeness (QED) is 0.582. The average Bonchev–Trinajstić information content (AvgIpc) is 2.79. The summed E-state index contributed by atoms with van der Waals surface area (Å²) in [5.41, 5.74) is 2.36. The summed E-state index contributed by atoms with van der Waals surface area (Å²) in [6.45, 7) is 4.03. The molecule has 1 aliphatic rings. The molecule has 0 N–H and O–H groups in total. The Morgan fingerprint density at radius 3 is 2.53 bits per heavy atom. The van der Waals surface area contributed by atoms with E-state index in [1.165, 1.54) is 4.57 Å². The molecule has 166 valence electrons. The number of benzene rings is 1. The van der Waals surface area contributed by atoms with Gasteiger partial charge in [0.15, 0.2) is 17.5 Å². The Morgan fingerprint density at radius 2 is 1.88 bits per heavy atom. The first-order valence-electron chi connectivity index (χ1n) is 10.4. The zero-order valence-electron chi connectivity index (χ0n) is 17.8. The second-order valence-electron chi connectivity index (χ2n) is 7.97. The van der Waals surface area contributed by atoms with Gasteiger partial charge in [0.1, 0.15) is 17.3 Å². The molecule has 6 nitrogen and oxygen atoms in total. The fraction of sp³-hybridized carbons (Fsp3) is 0.348. The molecule has 0 bridgehead atoms. The maximum absolute atomic E-state index is 13.6. The maximum Gasteiger partial charge on any atom is 0.252 e. The van der Waals surface area contributed by atoms with Crippen LogP contribution in [0, 0.1) is 28.8 Å². The molecule has 0 aliphatic carbocycles. The fourth-order valence-electron chi connectivity index (χ4n) is 4.28. The van der Waals surface area contributed by atoms with Gasteiger partial charge in [0.2, 0.25) is 0 Å². The normalized spacial score (nSPS) is 17.0. The van der Waals surface area contributed by atoms with Crippen LogP contribution in [0.15, 0.2) is 35.1 Å². The van der Waals surface area contributed by atoms with Crippen molar-refractivity contribution < 1.29 is 13.2 Å². The van der Waals surface area contributed by atoms with Crippen LogP contribution in [0.1, 0.15) is 24.6 Å². The summed E-state index contributed by atoms with van der Waals surface area (Å²) >= 11 is 0. The SMILES string of the molecule is CC[C@H]1CN(Cc2cc(F)c(F)c(F)c2)CCN1c1cc(=O)n(C)c2ccc(C#N)nc12. The number of nitriles is 1. The van der Waals surface area contributed by atoms with Gasteiger partial charge in [-0.3, -0.25) is 9.69 Å². The molecule has 3 heterocycles. The van der Waals surface area contributed by atoms with Crippen LogP contribution in [0.2, 0.25) is 0 Å². The molecule has 0 saturated carbocycles. The summed E-state index contributed by atoms with van der Waals surface area (Å²) in [6.07, 6.45) is 0.761. The monoisotopic (exact) mass is 441 g/mol. The number of nitrogens with zero attached hydrogens (tertiary/aromatic N) is 5. The molecule has 1 aliphatic heterocycles. The van der Waals surface area contributed by atoms with E-state index >= 15 is 0 Å². The van der Waals surface area contributed by atoms with E-state index in [2.05, 4.69) is 9.88 Å². The maximum atomic E-state index is 13.6. The number of hydrogen-bond acceptors (Lipinski definition) is 5. The van der Waals surface area contributed by atoms with E-state index in [0.29, 0.717) is 41.9 Å². The Kier molecular flexibility index (Phi) is 5.89. The van der Waals surface area contributed by atoms with E-state index in [4.69, 9.17) is 0 Å². The van der Waals surface area contributed by atoms with Crippen LogP contribution >= 0.6 is 0 Å². The van der Waals surface area contributed by atoms with E-state index < -0.39 is 17.5 Å². The third-order valence-electron chi connectivity index (χ3n) is 5.98. The van der Waals surface area contributed by atoms with Crippen LogP contribution in [0.4, 0.5) is 18.9 Å². The van der Waals surface area contributed by atoms with Crippen molar-refractivity contribution in [3.8, 4) is 6.07 Å². The Balaban J connectivity index is 1.64. The number of anilines is 1. The summed E-state index contributed by atoms with van der Waals surface area (Å²) in [6, 6.07) is 8.95. The first kappa shape index (κ1) is 21.8. The smallest absolute Gasteiger partial charge is 0.252 e. The topological polar surface area (TPSA) is 65.2 Å². The van der Waals surface area contributed by atoms with E-state index in [0.717, 1.165) is 18.6 Å². The lowest BCUT2D eigenvalue weighted by Gasteiger charge is -2.42. The predicted molar refractivity (Wildman–Crippen MR) is 115 cm³/mol. The number of fused-ring (bicyclic) bond motifs is 1. The molecule has 4 rings (SSSR count). The largest absolute Gasteiger partial charge is 0.364 e. The Labute approximate surface area is 183 Å². The van der Waals surface area contributed by atoms with Crippen LogP contribution in [0.3, 0.4) is 0 Å². The van der Waals surface area contributed by atoms with Crippen LogP contribution in [0.5, 0.6) is 0 Å². The fourth-order valence-corrected chi connectivity index (χ4v) is 4.28. The standard InChI is InChI=1S/C23H22F3N5O/c1-3-16-13-30(12-14-8-17(24)22(26)18(25)9-14)6-7-31(16)20-10-21(32)29(2)19-5-4-15(11-27)28-23(19)20/h4-5,8-10,16H,3,6-7,12-13H2,1-2H3/t16-/m0/s1. The van der Waals surface area contributed by atoms with Crippen molar-refractivity contribution in [2.45, 2.75) is 25.9 Å². The first-order chi connectivity index (χ1) is 15.3. The molecule has 9 heteroatoms. The van der Waals surface area contributed by atoms with Gasteiger partial charge in [-0.2, -0.15) is 5.26 Å². The van der Waals surface area contributed by atoms with Crippen LogP contribution in [-0.4, -0.2) is 40.1 Å². The van der Waals surface area contributed by atoms with Gasteiger partial charge in [-0.15, -0.1) is 0 Å². The highest BCUT2D eigenvalue weighted by Gasteiger charge is 2.28. The van der Waals surface area contributed by atoms with Crippen LogP contribution < -0.4 is 10.5 Å². The van der Waals surface area contributed by atoms with E-state index in [1.807, 2.05) is 17.9 Å². The average molecular weight is 441 g/mol. The molecule has 1 aromatic carbocycles. The Morgan fingerprint density at radius 1 is 1.16 bits per heavy atom. The van der Waals surface area contributed by atoms with Crippen molar-refractivity contribution in [2.24, 2.45) is 7.05 Å². The van der Waals surface area contributed by atoms with Gasteiger partial charge in [-0.05, 0) is 36.2 Å². The number of piperazine rings is 1. The lowest BCUT2D eigenvalue weighted by atomic mass is 10.1. The molecule has 0 radical (unpaired) electrons. The minimum absolute atomic E-state index is 0.0155. The molecule has 0 amide bonds. The molecular weight excluding hydrogens is 419 g/mol. The van der Waals surface area contributed by atoms with Crippen molar-refractivity contribution in [1.29, 1.82) is 5.26 Å². The van der Waals surface area contributed by atoms with Crippen molar-refractivity contribution in [1.82, 2.24) is 14.5 Å². The van der Waals surface area contributed by atoms with Gasteiger partial charge < -0.3 is 9.47 Å². The van der Waals surface area contributed by atoms with Crippen LogP contribution in [-0.2, 0) is 13.6 Å². The van der Waals surface area contributed by atoms with Crippen molar-refractivity contribution in [2.75, 3.05) is 24.5 Å². The molecule has 0 unspecified atom stereocenters. The minimum atomic E-state index is -1.47. The Hall–Kier alpha value is -3.38.